The zero-order valence-corrected chi connectivity index (χ0v) is 11.8. The van der Waals surface area contributed by atoms with Gasteiger partial charge in [-0.05, 0) is 44.7 Å². The summed E-state index contributed by atoms with van der Waals surface area (Å²) in [5.74, 6) is 0.733. The molecule has 2 atom stereocenters. The van der Waals surface area contributed by atoms with Gasteiger partial charge in [-0.3, -0.25) is 4.90 Å². The molecular formula is C15H29NO2. The first kappa shape index (κ1) is 14.3. The molecule has 2 aliphatic rings. The summed E-state index contributed by atoms with van der Waals surface area (Å²) in [6.45, 7) is 3.20. The molecule has 106 valence electrons. The van der Waals surface area contributed by atoms with E-state index in [0.29, 0.717) is 6.04 Å². The number of aliphatic hydroxyl groups is 1. The maximum Gasteiger partial charge on any atom is 0.0695 e. The SMILES string of the molecule is COCC1CCN(C2CCCCCCC2O)CC1. The van der Waals surface area contributed by atoms with Crippen molar-refractivity contribution < 1.29 is 9.84 Å². The van der Waals surface area contributed by atoms with Gasteiger partial charge in [-0.15, -0.1) is 0 Å². The van der Waals surface area contributed by atoms with Crippen LogP contribution in [-0.4, -0.2) is 49.0 Å². The van der Waals surface area contributed by atoms with Crippen molar-refractivity contribution in [3.63, 3.8) is 0 Å². The number of methoxy groups -OCH3 is 1. The predicted molar refractivity (Wildman–Crippen MR) is 73.7 cm³/mol. The average molecular weight is 255 g/mol. The third-order valence-electron chi connectivity index (χ3n) is 4.71. The number of hydrogen-bond donors (Lipinski definition) is 1. The summed E-state index contributed by atoms with van der Waals surface area (Å²) >= 11 is 0. The Morgan fingerprint density at radius 2 is 1.67 bits per heavy atom. The van der Waals surface area contributed by atoms with Crippen LogP contribution in [0, 0.1) is 5.92 Å². The van der Waals surface area contributed by atoms with Crippen molar-refractivity contribution >= 4 is 0 Å². The minimum Gasteiger partial charge on any atom is -0.391 e. The lowest BCUT2D eigenvalue weighted by atomic mass is 9.90. The fraction of sp³-hybridized carbons (Fsp3) is 1.00. The van der Waals surface area contributed by atoms with Gasteiger partial charge >= 0.3 is 0 Å². The van der Waals surface area contributed by atoms with Crippen molar-refractivity contribution in [1.82, 2.24) is 4.90 Å². The average Bonchev–Trinajstić information content (AvgIpc) is 2.36. The molecule has 0 bridgehead atoms. The van der Waals surface area contributed by atoms with Crippen LogP contribution in [0.2, 0.25) is 0 Å². The molecule has 18 heavy (non-hydrogen) atoms. The van der Waals surface area contributed by atoms with Gasteiger partial charge in [0.1, 0.15) is 0 Å². The van der Waals surface area contributed by atoms with Crippen LogP contribution in [0.15, 0.2) is 0 Å². The van der Waals surface area contributed by atoms with Crippen LogP contribution in [0.3, 0.4) is 0 Å². The van der Waals surface area contributed by atoms with Crippen molar-refractivity contribution in [2.45, 2.75) is 63.5 Å². The molecule has 2 rings (SSSR count). The Morgan fingerprint density at radius 3 is 2.33 bits per heavy atom. The highest BCUT2D eigenvalue weighted by Crippen LogP contribution is 2.26. The molecule has 3 heteroatoms. The molecule has 2 unspecified atom stereocenters. The van der Waals surface area contributed by atoms with E-state index in [2.05, 4.69) is 4.90 Å². The second kappa shape index (κ2) is 7.46. The molecule has 0 radical (unpaired) electrons. The smallest absolute Gasteiger partial charge is 0.0695 e. The van der Waals surface area contributed by atoms with E-state index >= 15 is 0 Å². The maximum atomic E-state index is 10.3. The van der Waals surface area contributed by atoms with Crippen molar-refractivity contribution in [3.05, 3.63) is 0 Å². The summed E-state index contributed by atoms with van der Waals surface area (Å²) in [5, 5.41) is 10.3. The molecule has 0 aromatic heterocycles. The van der Waals surface area contributed by atoms with Crippen LogP contribution in [0.25, 0.3) is 0 Å². The van der Waals surface area contributed by atoms with Gasteiger partial charge in [0.2, 0.25) is 0 Å². The van der Waals surface area contributed by atoms with Crippen molar-refractivity contribution in [2.75, 3.05) is 26.8 Å². The Morgan fingerprint density at radius 1 is 1.00 bits per heavy atom. The Kier molecular flexibility index (Phi) is 5.93. The molecule has 0 aromatic carbocycles. The van der Waals surface area contributed by atoms with Gasteiger partial charge in [0, 0.05) is 19.8 Å². The summed E-state index contributed by atoms with van der Waals surface area (Å²) in [5.41, 5.74) is 0. The van der Waals surface area contributed by atoms with Gasteiger partial charge < -0.3 is 9.84 Å². The summed E-state index contributed by atoms with van der Waals surface area (Å²) in [6, 6.07) is 0.425. The van der Waals surface area contributed by atoms with E-state index in [1.165, 1.54) is 44.9 Å². The molecule has 2 fully saturated rings. The molecular weight excluding hydrogens is 226 g/mol. The second-order valence-corrected chi connectivity index (χ2v) is 6.06. The molecule has 1 aliphatic carbocycles. The van der Waals surface area contributed by atoms with Gasteiger partial charge in [0.15, 0.2) is 0 Å². The highest BCUT2D eigenvalue weighted by molar-refractivity contribution is 4.84. The molecule has 1 N–H and O–H groups in total. The second-order valence-electron chi connectivity index (χ2n) is 6.06. The molecule has 1 saturated heterocycles. The highest BCUT2D eigenvalue weighted by atomic mass is 16.5. The standard InChI is InChI=1S/C15H29NO2/c1-18-12-13-8-10-16(11-9-13)14-6-4-2-3-5-7-15(14)17/h13-15,17H,2-12H2,1H3. The van der Waals surface area contributed by atoms with Crippen LogP contribution in [0.5, 0.6) is 0 Å². The van der Waals surface area contributed by atoms with E-state index in [1.54, 1.807) is 7.11 Å². The summed E-state index contributed by atoms with van der Waals surface area (Å²) in [4.78, 5) is 2.54. The van der Waals surface area contributed by atoms with E-state index in [4.69, 9.17) is 4.74 Å². The number of aliphatic hydroxyl groups excluding tert-OH is 1. The van der Waals surface area contributed by atoms with Crippen LogP contribution < -0.4 is 0 Å². The summed E-state index contributed by atoms with van der Waals surface area (Å²) < 4.78 is 5.25. The Hall–Kier alpha value is -0.120. The molecule has 3 nitrogen and oxygen atoms in total. The molecule has 0 aromatic rings. The molecule has 0 spiro atoms. The van der Waals surface area contributed by atoms with Crippen LogP contribution in [0.1, 0.15) is 51.4 Å². The molecule has 0 amide bonds. The van der Waals surface area contributed by atoms with Crippen LogP contribution in [0.4, 0.5) is 0 Å². The molecule has 1 heterocycles. The number of likely N-dealkylation sites (tertiary alicyclic amines) is 1. The zero-order chi connectivity index (χ0) is 12.8. The van der Waals surface area contributed by atoms with Crippen molar-refractivity contribution in [2.24, 2.45) is 5.92 Å². The van der Waals surface area contributed by atoms with Gasteiger partial charge in [-0.1, -0.05) is 25.7 Å². The third kappa shape index (κ3) is 3.94. The number of ether oxygens (including phenoxy) is 1. The number of hydrogen-bond acceptors (Lipinski definition) is 3. The largest absolute Gasteiger partial charge is 0.391 e. The Bertz CT molecular complexity index is 227. The van der Waals surface area contributed by atoms with Gasteiger partial charge in [0.05, 0.1) is 6.10 Å². The lowest BCUT2D eigenvalue weighted by molar-refractivity contribution is 0.00577. The monoisotopic (exact) mass is 255 g/mol. The predicted octanol–water partition coefficient (Wildman–Crippen LogP) is 2.43. The topological polar surface area (TPSA) is 32.7 Å². The lowest BCUT2D eigenvalue weighted by Gasteiger charge is -2.40. The van der Waals surface area contributed by atoms with E-state index in [1.807, 2.05) is 0 Å². The highest BCUT2D eigenvalue weighted by Gasteiger charge is 2.29. The molecule has 1 aliphatic heterocycles. The number of rotatable bonds is 3. The minimum absolute atomic E-state index is 0.0933. The quantitative estimate of drug-likeness (QED) is 0.840. The van der Waals surface area contributed by atoms with Gasteiger partial charge in [0.25, 0.3) is 0 Å². The van der Waals surface area contributed by atoms with Crippen LogP contribution in [-0.2, 0) is 4.74 Å². The van der Waals surface area contributed by atoms with Crippen molar-refractivity contribution in [1.29, 1.82) is 0 Å². The minimum atomic E-state index is -0.0933. The third-order valence-corrected chi connectivity index (χ3v) is 4.71. The van der Waals surface area contributed by atoms with E-state index < -0.39 is 0 Å². The Labute approximate surface area is 112 Å². The molecule has 1 saturated carbocycles. The van der Waals surface area contributed by atoms with E-state index in [0.717, 1.165) is 32.0 Å². The van der Waals surface area contributed by atoms with Crippen molar-refractivity contribution in [3.8, 4) is 0 Å². The number of nitrogens with zero attached hydrogens (tertiary/aromatic N) is 1. The zero-order valence-electron chi connectivity index (χ0n) is 11.8. The maximum absolute atomic E-state index is 10.3. The summed E-state index contributed by atoms with van der Waals surface area (Å²) in [7, 11) is 1.80. The van der Waals surface area contributed by atoms with Gasteiger partial charge in [-0.2, -0.15) is 0 Å². The first-order valence-electron chi connectivity index (χ1n) is 7.72. The number of piperidine rings is 1. The first-order valence-corrected chi connectivity index (χ1v) is 7.72. The van der Waals surface area contributed by atoms with E-state index in [9.17, 15) is 5.11 Å². The fourth-order valence-corrected chi connectivity index (χ4v) is 3.56. The Balaban J connectivity index is 1.82. The van der Waals surface area contributed by atoms with Gasteiger partial charge in [-0.25, -0.2) is 0 Å². The van der Waals surface area contributed by atoms with E-state index in [-0.39, 0.29) is 6.10 Å². The normalized spacial score (nSPS) is 33.0. The first-order chi connectivity index (χ1) is 8.81. The van der Waals surface area contributed by atoms with Crippen LogP contribution >= 0.6 is 0 Å². The summed E-state index contributed by atoms with van der Waals surface area (Å²) in [6.07, 6.45) is 9.72. The fourth-order valence-electron chi connectivity index (χ4n) is 3.56. The lowest BCUT2D eigenvalue weighted by Crippen LogP contribution is -2.48.